The van der Waals surface area contributed by atoms with Gasteiger partial charge in [-0.2, -0.15) is 0 Å². The molecule has 0 aromatic carbocycles. The van der Waals surface area contributed by atoms with Gasteiger partial charge < -0.3 is 14.0 Å². The fourth-order valence-electron chi connectivity index (χ4n) is 2.79. The lowest BCUT2D eigenvalue weighted by Gasteiger charge is -2.45. The summed E-state index contributed by atoms with van der Waals surface area (Å²) in [6.07, 6.45) is 5.23. The first-order chi connectivity index (χ1) is 11.1. The standard InChI is InChI=1S/C20H42O3Si2/c1-19(2,3)24(7,8)22-17-13-16(11-12-21)14-18(15-17)23-25(9,10)20(4,5)6/h11,17-18,21H,12-15H2,1-10H3. The fourth-order valence-corrected chi connectivity index (χ4v) is 5.52. The molecule has 1 aliphatic rings. The first-order valence-corrected chi connectivity index (χ1v) is 15.5. The van der Waals surface area contributed by atoms with E-state index in [9.17, 15) is 5.11 Å². The van der Waals surface area contributed by atoms with Crippen molar-refractivity contribution in [1.29, 1.82) is 0 Å². The van der Waals surface area contributed by atoms with Gasteiger partial charge in [0.15, 0.2) is 16.6 Å². The Morgan fingerprint density at radius 1 is 0.880 bits per heavy atom. The van der Waals surface area contributed by atoms with Crippen molar-refractivity contribution in [2.24, 2.45) is 0 Å². The maximum absolute atomic E-state index is 9.37. The normalized spacial score (nSPS) is 23.7. The molecule has 0 radical (unpaired) electrons. The average Bonchev–Trinajstić information content (AvgIpc) is 2.34. The van der Waals surface area contributed by atoms with Crippen molar-refractivity contribution in [2.75, 3.05) is 6.61 Å². The van der Waals surface area contributed by atoms with Crippen molar-refractivity contribution in [2.45, 2.75) is 109 Å². The zero-order chi connectivity index (χ0) is 19.7. The van der Waals surface area contributed by atoms with Gasteiger partial charge >= 0.3 is 0 Å². The van der Waals surface area contributed by atoms with Crippen LogP contribution in [0.3, 0.4) is 0 Å². The molecule has 5 heteroatoms. The third kappa shape index (κ3) is 6.31. The first-order valence-electron chi connectivity index (χ1n) is 9.73. The number of hydrogen-bond donors (Lipinski definition) is 1. The Hall–Kier alpha value is 0.0538. The summed E-state index contributed by atoms with van der Waals surface area (Å²) in [5, 5.41) is 9.79. The molecular weight excluding hydrogens is 344 g/mol. The minimum absolute atomic E-state index is 0.106. The molecule has 0 bridgehead atoms. The highest BCUT2D eigenvalue weighted by Gasteiger charge is 2.43. The zero-order valence-corrected chi connectivity index (χ0v) is 20.3. The second kappa shape index (κ2) is 7.97. The summed E-state index contributed by atoms with van der Waals surface area (Å²) in [4.78, 5) is 0. The van der Waals surface area contributed by atoms with E-state index in [2.05, 4.69) is 67.7 Å². The fraction of sp³-hybridized carbons (Fsp3) is 0.900. The highest BCUT2D eigenvalue weighted by molar-refractivity contribution is 6.74. The molecule has 1 rings (SSSR count). The van der Waals surface area contributed by atoms with Gasteiger partial charge in [-0.15, -0.1) is 0 Å². The summed E-state index contributed by atoms with van der Waals surface area (Å²) >= 11 is 0. The largest absolute Gasteiger partial charge is 0.414 e. The van der Waals surface area contributed by atoms with Crippen molar-refractivity contribution in [3.05, 3.63) is 11.6 Å². The van der Waals surface area contributed by atoms with Crippen LogP contribution in [0.2, 0.25) is 36.3 Å². The smallest absolute Gasteiger partial charge is 0.192 e. The van der Waals surface area contributed by atoms with Crippen molar-refractivity contribution in [3.63, 3.8) is 0 Å². The molecule has 0 amide bonds. The highest BCUT2D eigenvalue weighted by atomic mass is 28.4. The first kappa shape index (κ1) is 23.1. The Kier molecular flexibility index (Phi) is 7.36. The van der Waals surface area contributed by atoms with Crippen molar-refractivity contribution >= 4 is 16.6 Å². The van der Waals surface area contributed by atoms with E-state index in [0.717, 1.165) is 19.3 Å². The van der Waals surface area contributed by atoms with Gasteiger partial charge in [-0.25, -0.2) is 0 Å². The molecule has 0 saturated heterocycles. The van der Waals surface area contributed by atoms with Gasteiger partial charge in [0.2, 0.25) is 0 Å². The van der Waals surface area contributed by atoms with E-state index in [0.29, 0.717) is 0 Å². The predicted molar refractivity (Wildman–Crippen MR) is 113 cm³/mol. The van der Waals surface area contributed by atoms with Crippen LogP contribution in [-0.4, -0.2) is 40.6 Å². The van der Waals surface area contributed by atoms with Gasteiger partial charge in [-0.3, -0.25) is 0 Å². The maximum Gasteiger partial charge on any atom is 0.192 e. The van der Waals surface area contributed by atoms with E-state index < -0.39 is 16.6 Å². The Labute approximate surface area is 158 Å². The molecule has 0 aromatic heterocycles. The Bertz CT molecular complexity index is 432. The van der Waals surface area contributed by atoms with Crippen molar-refractivity contribution in [3.8, 4) is 0 Å². The Morgan fingerprint density at radius 2 is 1.24 bits per heavy atom. The van der Waals surface area contributed by atoms with Gasteiger partial charge in [0, 0.05) is 0 Å². The number of hydrogen-bond acceptors (Lipinski definition) is 3. The molecule has 0 aliphatic heterocycles. The van der Waals surface area contributed by atoms with Gasteiger partial charge in [0.05, 0.1) is 18.8 Å². The number of aliphatic hydroxyl groups is 1. The van der Waals surface area contributed by atoms with Crippen LogP contribution in [0.1, 0.15) is 60.8 Å². The Balaban J connectivity index is 2.94. The highest BCUT2D eigenvalue weighted by Crippen LogP contribution is 2.42. The summed E-state index contributed by atoms with van der Waals surface area (Å²) in [7, 11) is -3.61. The average molecular weight is 387 g/mol. The van der Waals surface area contributed by atoms with Crippen LogP contribution in [-0.2, 0) is 8.85 Å². The SMILES string of the molecule is CC(C)(C)[Si](C)(C)OC1CC(=CCO)CC(O[Si](C)(C)C(C)(C)C)C1. The van der Waals surface area contributed by atoms with Crippen LogP contribution in [0.15, 0.2) is 11.6 Å². The molecule has 148 valence electrons. The van der Waals surface area contributed by atoms with Gasteiger partial charge in [-0.05, 0) is 55.5 Å². The van der Waals surface area contributed by atoms with E-state index in [1.165, 1.54) is 5.57 Å². The second-order valence-electron chi connectivity index (χ2n) is 10.7. The number of rotatable bonds is 5. The van der Waals surface area contributed by atoms with Crippen LogP contribution in [0.4, 0.5) is 0 Å². The van der Waals surface area contributed by atoms with Gasteiger partial charge in [0.25, 0.3) is 0 Å². The van der Waals surface area contributed by atoms with Crippen molar-refractivity contribution < 1.29 is 14.0 Å². The lowest BCUT2D eigenvalue weighted by Crippen LogP contribution is -2.48. The van der Waals surface area contributed by atoms with Crippen LogP contribution < -0.4 is 0 Å². The molecule has 2 unspecified atom stereocenters. The van der Waals surface area contributed by atoms with Gasteiger partial charge in [0.1, 0.15) is 0 Å². The minimum atomic E-state index is -1.80. The van der Waals surface area contributed by atoms with E-state index in [1.807, 2.05) is 6.08 Å². The molecule has 1 saturated carbocycles. The molecule has 0 heterocycles. The van der Waals surface area contributed by atoms with Gasteiger partial charge in [-0.1, -0.05) is 53.2 Å². The third-order valence-corrected chi connectivity index (χ3v) is 15.5. The molecule has 2 atom stereocenters. The van der Waals surface area contributed by atoms with Crippen LogP contribution >= 0.6 is 0 Å². The van der Waals surface area contributed by atoms with Crippen molar-refractivity contribution in [1.82, 2.24) is 0 Å². The zero-order valence-electron chi connectivity index (χ0n) is 18.3. The van der Waals surface area contributed by atoms with E-state index in [-0.39, 0.29) is 28.9 Å². The summed E-state index contributed by atoms with van der Waals surface area (Å²) in [5.74, 6) is 0. The predicted octanol–water partition coefficient (Wildman–Crippen LogP) is 5.87. The maximum atomic E-state index is 9.37. The third-order valence-electron chi connectivity index (χ3n) is 6.42. The molecule has 1 fully saturated rings. The summed E-state index contributed by atoms with van der Waals surface area (Å²) < 4.78 is 13.4. The molecule has 0 spiro atoms. The molecule has 1 N–H and O–H groups in total. The summed E-state index contributed by atoms with van der Waals surface area (Å²) in [6.45, 7) is 23.1. The topological polar surface area (TPSA) is 38.7 Å². The summed E-state index contributed by atoms with van der Waals surface area (Å²) in [5.41, 5.74) is 1.29. The molecule has 0 aromatic rings. The molecular formula is C20H42O3Si2. The summed E-state index contributed by atoms with van der Waals surface area (Å²) in [6, 6.07) is 0. The number of aliphatic hydroxyl groups excluding tert-OH is 1. The quantitative estimate of drug-likeness (QED) is 0.474. The molecule has 3 nitrogen and oxygen atoms in total. The lowest BCUT2D eigenvalue weighted by molar-refractivity contribution is 0.0722. The van der Waals surface area contributed by atoms with Crippen LogP contribution in [0.5, 0.6) is 0 Å². The second-order valence-corrected chi connectivity index (χ2v) is 20.2. The van der Waals surface area contributed by atoms with E-state index in [4.69, 9.17) is 8.85 Å². The minimum Gasteiger partial charge on any atom is -0.414 e. The van der Waals surface area contributed by atoms with E-state index >= 15 is 0 Å². The molecule has 1 aliphatic carbocycles. The van der Waals surface area contributed by atoms with E-state index in [1.54, 1.807) is 0 Å². The van der Waals surface area contributed by atoms with Crippen LogP contribution in [0, 0.1) is 0 Å². The Morgan fingerprint density at radius 3 is 1.52 bits per heavy atom. The lowest BCUT2D eigenvalue weighted by atomic mass is 9.90. The van der Waals surface area contributed by atoms with Crippen LogP contribution in [0.25, 0.3) is 0 Å². The molecule has 25 heavy (non-hydrogen) atoms. The monoisotopic (exact) mass is 386 g/mol.